The van der Waals surface area contributed by atoms with Crippen LogP contribution in [0.15, 0.2) is 41.3 Å². The number of nitrogen functional groups attached to an aromatic ring is 1. The third-order valence-corrected chi connectivity index (χ3v) is 6.56. The number of carbonyl (C=O) groups excluding carboxylic acids is 1. The van der Waals surface area contributed by atoms with Crippen molar-refractivity contribution in [3.05, 3.63) is 47.0 Å². The Morgan fingerprint density at radius 3 is 2.62 bits per heavy atom. The van der Waals surface area contributed by atoms with Crippen molar-refractivity contribution in [1.82, 2.24) is 14.8 Å². The lowest BCUT2D eigenvalue weighted by Crippen LogP contribution is -2.55. The molecule has 0 saturated carbocycles. The summed E-state index contributed by atoms with van der Waals surface area (Å²) in [4.78, 5) is 28.1. The third kappa shape index (κ3) is 6.53. The summed E-state index contributed by atoms with van der Waals surface area (Å²) < 4.78 is 41.3. The molecule has 2 heterocycles. The summed E-state index contributed by atoms with van der Waals surface area (Å²) in [6.45, 7) is 3.95. The second kappa shape index (κ2) is 11.4. The van der Waals surface area contributed by atoms with Gasteiger partial charge >= 0.3 is 19.5 Å². The Labute approximate surface area is 212 Å². The number of anilines is 1. The van der Waals surface area contributed by atoms with Crippen molar-refractivity contribution in [2.45, 2.75) is 57.0 Å². The van der Waals surface area contributed by atoms with E-state index < -0.39 is 62.3 Å². The molecule has 2 unspecified atom stereocenters. The fraction of sp³-hybridized carbons (Fsp3) is 0.455. The Balaban J connectivity index is 1.83. The predicted molar refractivity (Wildman–Crippen MR) is 129 cm³/mol. The van der Waals surface area contributed by atoms with Crippen molar-refractivity contribution < 1.29 is 37.5 Å². The Morgan fingerprint density at radius 2 is 2.03 bits per heavy atom. The van der Waals surface area contributed by atoms with E-state index in [1.165, 1.54) is 19.1 Å². The summed E-state index contributed by atoms with van der Waals surface area (Å²) in [6.07, 6.45) is 0.406. The van der Waals surface area contributed by atoms with Crippen molar-refractivity contribution in [3.63, 3.8) is 0 Å². The molecule has 0 aliphatic carbocycles. The molecule has 0 bridgehead atoms. The lowest BCUT2D eigenvalue weighted by Gasteiger charge is -2.26. The van der Waals surface area contributed by atoms with E-state index in [-0.39, 0.29) is 11.6 Å². The first-order valence-corrected chi connectivity index (χ1v) is 12.5. The normalized spacial score (nSPS) is 25.7. The maximum Gasteiger partial charge on any atom is 0.530 e. The Bertz CT molecular complexity index is 1250. The number of hydrogen-bond donors (Lipinski definition) is 3. The van der Waals surface area contributed by atoms with Crippen LogP contribution in [0.3, 0.4) is 0 Å². The molecule has 37 heavy (non-hydrogen) atoms. The average Bonchev–Trinajstić information content (AvgIpc) is 3.08. The molecule has 1 aromatic heterocycles. The summed E-state index contributed by atoms with van der Waals surface area (Å²) in [7, 11) is -4.53. The molecule has 1 aliphatic rings. The topological polar surface area (TPSA) is 200 Å². The third-order valence-electron chi connectivity index (χ3n) is 5.09. The van der Waals surface area contributed by atoms with Crippen molar-refractivity contribution in [3.8, 4) is 18.1 Å². The predicted octanol–water partition coefficient (Wildman–Crippen LogP) is 0.370. The van der Waals surface area contributed by atoms with Crippen LogP contribution >= 0.6 is 7.82 Å². The Hall–Kier alpha value is -3.31. The summed E-state index contributed by atoms with van der Waals surface area (Å²) in [5.74, 6) is 1.37. The lowest BCUT2D eigenvalue weighted by molar-refractivity contribution is -0.156. The lowest BCUT2D eigenvalue weighted by atomic mass is 9.92. The van der Waals surface area contributed by atoms with Crippen molar-refractivity contribution in [1.29, 1.82) is 0 Å². The van der Waals surface area contributed by atoms with Gasteiger partial charge in [0.25, 0.3) is 0 Å². The van der Waals surface area contributed by atoms with Gasteiger partial charge in [0.15, 0.2) is 17.9 Å². The number of ether oxygens (including phenoxy) is 2. The van der Waals surface area contributed by atoms with Gasteiger partial charge in [-0.3, -0.25) is 9.05 Å². The molecule has 5 N–H and O–H groups in total. The highest BCUT2D eigenvalue weighted by atomic mass is 31.2. The molecule has 200 valence electrons. The molecule has 15 heteroatoms. The summed E-state index contributed by atoms with van der Waals surface area (Å²) in [5.41, 5.74) is 8.77. The maximum absolute atomic E-state index is 13.5. The zero-order valence-electron chi connectivity index (χ0n) is 20.3. The van der Waals surface area contributed by atoms with Crippen LogP contribution in [0, 0.1) is 12.3 Å². The number of aliphatic hydroxyl groups excluding tert-OH is 1. The number of para-hydroxylation sites is 1. The Kier molecular flexibility index (Phi) is 8.70. The number of benzene rings is 1. The van der Waals surface area contributed by atoms with Crippen LogP contribution in [-0.4, -0.2) is 62.4 Å². The van der Waals surface area contributed by atoms with Gasteiger partial charge < -0.3 is 30.6 Å². The minimum Gasteiger partial charge on any atom is -0.461 e. The molecule has 2 aromatic rings. The van der Waals surface area contributed by atoms with Crippen molar-refractivity contribution >= 4 is 19.6 Å². The number of carbonyl (C=O) groups is 1. The van der Waals surface area contributed by atoms with E-state index in [9.17, 15) is 19.3 Å². The molecule has 6 atom stereocenters. The van der Waals surface area contributed by atoms with Crippen LogP contribution in [0.2, 0.25) is 0 Å². The minimum atomic E-state index is -4.53. The molecule has 0 radical (unpaired) electrons. The molecular weight excluding hydrogens is 509 g/mol. The maximum atomic E-state index is 13.5. The van der Waals surface area contributed by atoms with Crippen LogP contribution in [-0.2, 0) is 27.9 Å². The van der Waals surface area contributed by atoms with Crippen LogP contribution in [0.25, 0.3) is 0 Å². The first-order valence-electron chi connectivity index (χ1n) is 11.1. The number of terminal acetylenes is 1. The quantitative estimate of drug-likeness (QED) is 0.213. The number of hydrogen-bond acceptors (Lipinski definition) is 13. The van der Waals surface area contributed by atoms with E-state index in [1.807, 2.05) is 0 Å². The highest BCUT2D eigenvalue weighted by molar-refractivity contribution is 7.49. The van der Waals surface area contributed by atoms with Crippen LogP contribution in [0.1, 0.15) is 27.0 Å². The van der Waals surface area contributed by atoms with E-state index in [1.54, 1.807) is 32.0 Å². The van der Waals surface area contributed by atoms with E-state index in [4.69, 9.17) is 40.9 Å². The van der Waals surface area contributed by atoms with Gasteiger partial charge in [-0.2, -0.15) is 14.8 Å². The number of nitrogens with zero attached hydrogens (tertiary/aromatic N) is 3. The SMILES string of the molecule is C#CC1(N)[C@@H](O)[C@@H](COP(=O)(Oc2ccccc2)O[C@@H](C)C(=O)OC(C)C)O[C@H]1n1ncc(N)nc1=O. The van der Waals surface area contributed by atoms with Gasteiger partial charge in [-0.1, -0.05) is 24.1 Å². The van der Waals surface area contributed by atoms with Crippen LogP contribution in [0.4, 0.5) is 5.82 Å². The summed E-state index contributed by atoms with van der Waals surface area (Å²) >= 11 is 0. The summed E-state index contributed by atoms with van der Waals surface area (Å²) in [5, 5.41) is 14.7. The minimum absolute atomic E-state index is 0.113. The highest BCUT2D eigenvalue weighted by Crippen LogP contribution is 2.51. The second-order valence-corrected chi connectivity index (χ2v) is 9.88. The molecule has 3 rings (SSSR count). The van der Waals surface area contributed by atoms with Crippen LogP contribution < -0.4 is 21.7 Å². The average molecular weight is 537 g/mol. The van der Waals surface area contributed by atoms with E-state index in [0.717, 1.165) is 10.9 Å². The second-order valence-electron chi connectivity index (χ2n) is 8.34. The monoisotopic (exact) mass is 537 g/mol. The molecular formula is C22H28N5O9P. The molecule has 1 fully saturated rings. The van der Waals surface area contributed by atoms with Gasteiger partial charge in [-0.15, -0.1) is 6.42 Å². The van der Waals surface area contributed by atoms with E-state index in [0.29, 0.717) is 0 Å². The van der Waals surface area contributed by atoms with Gasteiger partial charge in [0.05, 0.1) is 18.9 Å². The van der Waals surface area contributed by atoms with Crippen molar-refractivity contribution in [2.75, 3.05) is 12.3 Å². The largest absolute Gasteiger partial charge is 0.530 e. The first-order chi connectivity index (χ1) is 17.4. The van der Waals surface area contributed by atoms with Gasteiger partial charge in [0.2, 0.25) is 0 Å². The molecule has 1 aromatic carbocycles. The van der Waals surface area contributed by atoms with Gasteiger partial charge in [0, 0.05) is 0 Å². The number of aromatic nitrogens is 3. The standard InChI is InChI=1S/C22H28N5O9P/c1-5-22(24)18(28)16(34-20(22)27-21(30)26-17(23)11-25-27)12-32-37(31,36-15-9-7-6-8-10-15)35-14(4)19(29)33-13(2)3/h1,6-11,13-14,16,18,20,28H,12,24H2,2-4H3,(H2,23,26,30)/t14-,16+,18-,20+,22?,37?/m0/s1. The molecule has 14 nitrogen and oxygen atoms in total. The molecule has 0 spiro atoms. The summed E-state index contributed by atoms with van der Waals surface area (Å²) in [6, 6.07) is 7.91. The van der Waals surface area contributed by atoms with Gasteiger partial charge in [-0.05, 0) is 32.9 Å². The molecule has 0 amide bonds. The van der Waals surface area contributed by atoms with E-state index in [2.05, 4.69) is 16.0 Å². The number of rotatable bonds is 10. The Morgan fingerprint density at radius 1 is 1.35 bits per heavy atom. The number of phosphoric acid groups is 1. The van der Waals surface area contributed by atoms with Gasteiger partial charge in [-0.25, -0.2) is 14.2 Å². The fourth-order valence-corrected chi connectivity index (χ4v) is 4.63. The molecule has 1 aliphatic heterocycles. The fourth-order valence-electron chi connectivity index (χ4n) is 3.29. The van der Waals surface area contributed by atoms with E-state index >= 15 is 0 Å². The number of nitrogens with two attached hydrogens (primary N) is 2. The number of esters is 1. The smallest absolute Gasteiger partial charge is 0.461 e. The van der Waals surface area contributed by atoms with Crippen LogP contribution in [0.5, 0.6) is 5.75 Å². The zero-order valence-corrected chi connectivity index (χ0v) is 21.2. The zero-order chi connectivity index (χ0) is 27.4. The number of aliphatic hydroxyl groups is 1. The molecule has 1 saturated heterocycles. The number of phosphoric ester groups is 1. The van der Waals surface area contributed by atoms with Crippen molar-refractivity contribution in [2.24, 2.45) is 5.73 Å². The first kappa shape index (κ1) is 28.3. The highest BCUT2D eigenvalue weighted by Gasteiger charge is 2.55. The van der Waals surface area contributed by atoms with Gasteiger partial charge in [0.1, 0.15) is 23.8 Å².